The summed E-state index contributed by atoms with van der Waals surface area (Å²) in [7, 11) is 0. The van der Waals surface area contributed by atoms with Gasteiger partial charge in [-0.3, -0.25) is 0 Å². The van der Waals surface area contributed by atoms with Crippen molar-refractivity contribution in [1.29, 1.82) is 0 Å². The Morgan fingerprint density at radius 2 is 0.938 bits per heavy atom. The van der Waals surface area contributed by atoms with Crippen molar-refractivity contribution in [2.45, 2.75) is 0 Å². The summed E-state index contributed by atoms with van der Waals surface area (Å²) >= 11 is 0. The molecule has 1 aromatic heterocycles. The average molecular weight is 408 g/mol. The second kappa shape index (κ2) is 7.79. The number of pyridine rings is 1. The lowest BCUT2D eigenvalue weighted by Gasteiger charge is -2.19. The predicted molar refractivity (Wildman–Crippen MR) is 136 cm³/mol. The van der Waals surface area contributed by atoms with Crippen molar-refractivity contribution in [2.24, 2.45) is 0 Å². The van der Waals surface area contributed by atoms with Crippen molar-refractivity contribution in [1.82, 2.24) is 4.98 Å². The molecule has 6 rings (SSSR count). The third-order valence-electron chi connectivity index (χ3n) is 6.03. The third-order valence-corrected chi connectivity index (χ3v) is 6.03. The molecule has 32 heavy (non-hydrogen) atoms. The first-order chi connectivity index (χ1) is 15.9. The predicted octanol–water partition coefficient (Wildman–Crippen LogP) is 8.39. The number of rotatable bonds is 3. The number of fused-ring (bicyclic) bond motifs is 2. The molecule has 0 saturated carbocycles. The Bertz CT molecular complexity index is 1540. The van der Waals surface area contributed by atoms with E-state index in [1.54, 1.807) is 0 Å². The minimum Gasteiger partial charge on any atom is -0.248 e. The van der Waals surface area contributed by atoms with Crippen LogP contribution in [0.25, 0.3) is 55.2 Å². The quantitative estimate of drug-likeness (QED) is 0.268. The Kier molecular flexibility index (Phi) is 4.51. The molecule has 0 radical (unpaired) electrons. The molecule has 0 spiro atoms. The number of hydrogen-bond donors (Lipinski definition) is 0. The molecule has 0 atom stereocenters. The summed E-state index contributed by atoms with van der Waals surface area (Å²) in [5, 5.41) is 2.33. The van der Waals surface area contributed by atoms with Crippen LogP contribution in [0, 0.1) is 0 Å². The molecule has 1 heterocycles. The SMILES string of the molecule is c1ccc(-c2cc3nc4ccccc4cc3c(-c3ccccc3)c2-c2ccccc2)cc1. The van der Waals surface area contributed by atoms with Gasteiger partial charge in [-0.05, 0) is 51.6 Å². The molecule has 1 heteroatoms. The zero-order valence-electron chi connectivity index (χ0n) is 17.6. The molecule has 0 aliphatic heterocycles. The van der Waals surface area contributed by atoms with Gasteiger partial charge in [-0.15, -0.1) is 0 Å². The van der Waals surface area contributed by atoms with Crippen LogP contribution in [0.15, 0.2) is 127 Å². The minimum atomic E-state index is 1.01. The van der Waals surface area contributed by atoms with Crippen LogP contribution in [0.3, 0.4) is 0 Å². The van der Waals surface area contributed by atoms with Crippen molar-refractivity contribution in [2.75, 3.05) is 0 Å². The summed E-state index contributed by atoms with van der Waals surface area (Å²) in [6.07, 6.45) is 0. The Labute approximate surface area is 187 Å². The first-order valence-electron chi connectivity index (χ1n) is 10.9. The van der Waals surface area contributed by atoms with Gasteiger partial charge in [-0.25, -0.2) is 4.98 Å². The monoisotopic (exact) mass is 407 g/mol. The Morgan fingerprint density at radius 3 is 1.59 bits per heavy atom. The van der Waals surface area contributed by atoms with E-state index in [9.17, 15) is 0 Å². The molecule has 0 N–H and O–H groups in total. The Hall–Kier alpha value is -4.23. The topological polar surface area (TPSA) is 12.9 Å². The van der Waals surface area contributed by atoms with Gasteiger partial charge in [0.25, 0.3) is 0 Å². The minimum absolute atomic E-state index is 1.01. The summed E-state index contributed by atoms with van der Waals surface area (Å²) in [4.78, 5) is 5.08. The average Bonchev–Trinajstić information content (AvgIpc) is 2.88. The van der Waals surface area contributed by atoms with Gasteiger partial charge in [0, 0.05) is 10.8 Å². The van der Waals surface area contributed by atoms with E-state index < -0.39 is 0 Å². The van der Waals surface area contributed by atoms with Crippen molar-refractivity contribution in [3.8, 4) is 33.4 Å². The third kappa shape index (κ3) is 3.16. The molecule has 0 amide bonds. The number of benzene rings is 5. The second-order valence-electron chi connectivity index (χ2n) is 8.02. The van der Waals surface area contributed by atoms with Crippen molar-refractivity contribution < 1.29 is 0 Å². The molecule has 5 aromatic carbocycles. The molecule has 150 valence electrons. The highest BCUT2D eigenvalue weighted by atomic mass is 14.7. The van der Waals surface area contributed by atoms with Crippen LogP contribution in [0.4, 0.5) is 0 Å². The standard InChI is InChI=1S/C31H21N/c1-4-12-22(13-5-1)26-21-29-27(20-25-18-10-11-19-28(25)32-29)31(24-16-8-3-9-17-24)30(26)23-14-6-2-7-15-23/h1-21H. The van der Waals surface area contributed by atoms with E-state index in [-0.39, 0.29) is 0 Å². The van der Waals surface area contributed by atoms with Crippen LogP contribution in [-0.2, 0) is 0 Å². The molecular weight excluding hydrogens is 386 g/mol. The van der Waals surface area contributed by atoms with E-state index in [4.69, 9.17) is 4.98 Å². The van der Waals surface area contributed by atoms with E-state index in [0.29, 0.717) is 0 Å². The number of aromatic nitrogens is 1. The Balaban J connectivity index is 1.83. The van der Waals surface area contributed by atoms with Gasteiger partial charge in [0.2, 0.25) is 0 Å². The lowest BCUT2D eigenvalue weighted by Crippen LogP contribution is -1.94. The molecule has 0 aliphatic rings. The van der Waals surface area contributed by atoms with Crippen LogP contribution < -0.4 is 0 Å². The van der Waals surface area contributed by atoms with Crippen molar-refractivity contribution in [3.63, 3.8) is 0 Å². The summed E-state index contributed by atoms with van der Waals surface area (Å²) < 4.78 is 0. The highest BCUT2D eigenvalue weighted by Crippen LogP contribution is 2.44. The normalized spacial score (nSPS) is 11.1. The van der Waals surface area contributed by atoms with Crippen LogP contribution in [0.5, 0.6) is 0 Å². The molecule has 0 aliphatic carbocycles. The first-order valence-corrected chi connectivity index (χ1v) is 10.9. The lowest BCUT2D eigenvalue weighted by atomic mass is 9.85. The van der Waals surface area contributed by atoms with Gasteiger partial charge in [0.05, 0.1) is 11.0 Å². The fourth-order valence-corrected chi connectivity index (χ4v) is 4.57. The van der Waals surface area contributed by atoms with Gasteiger partial charge in [-0.1, -0.05) is 109 Å². The van der Waals surface area contributed by atoms with Crippen LogP contribution in [0.2, 0.25) is 0 Å². The molecule has 0 fully saturated rings. The van der Waals surface area contributed by atoms with E-state index >= 15 is 0 Å². The highest BCUT2D eigenvalue weighted by molar-refractivity contribution is 6.11. The molecule has 0 bridgehead atoms. The smallest absolute Gasteiger partial charge is 0.0722 e. The second-order valence-corrected chi connectivity index (χ2v) is 8.02. The van der Waals surface area contributed by atoms with Crippen molar-refractivity contribution in [3.05, 3.63) is 127 Å². The van der Waals surface area contributed by atoms with Gasteiger partial charge in [-0.2, -0.15) is 0 Å². The first kappa shape index (κ1) is 18.5. The molecule has 0 unspecified atom stereocenters. The largest absolute Gasteiger partial charge is 0.248 e. The number of nitrogens with zero attached hydrogens (tertiary/aromatic N) is 1. The van der Waals surface area contributed by atoms with Gasteiger partial charge in [0.15, 0.2) is 0 Å². The van der Waals surface area contributed by atoms with Crippen LogP contribution in [0.1, 0.15) is 0 Å². The summed E-state index contributed by atoms with van der Waals surface area (Å²) in [5.41, 5.74) is 9.31. The summed E-state index contributed by atoms with van der Waals surface area (Å²) in [6, 6.07) is 44.9. The molecule has 0 saturated heterocycles. The zero-order chi connectivity index (χ0) is 21.3. The van der Waals surface area contributed by atoms with E-state index in [2.05, 4.69) is 127 Å². The highest BCUT2D eigenvalue weighted by Gasteiger charge is 2.19. The zero-order valence-corrected chi connectivity index (χ0v) is 17.6. The maximum Gasteiger partial charge on any atom is 0.0722 e. The molecule has 6 aromatic rings. The number of para-hydroxylation sites is 1. The van der Waals surface area contributed by atoms with Gasteiger partial charge < -0.3 is 0 Å². The van der Waals surface area contributed by atoms with E-state index in [1.807, 2.05) is 0 Å². The maximum absolute atomic E-state index is 5.08. The van der Waals surface area contributed by atoms with Gasteiger partial charge >= 0.3 is 0 Å². The van der Waals surface area contributed by atoms with Crippen LogP contribution in [-0.4, -0.2) is 4.98 Å². The summed E-state index contributed by atoms with van der Waals surface area (Å²) in [5.74, 6) is 0. The molecule has 1 nitrogen and oxygen atoms in total. The van der Waals surface area contributed by atoms with Crippen molar-refractivity contribution >= 4 is 21.8 Å². The maximum atomic E-state index is 5.08. The fraction of sp³-hybridized carbons (Fsp3) is 0. The number of hydrogen-bond acceptors (Lipinski definition) is 1. The molecular formula is C31H21N. The van der Waals surface area contributed by atoms with E-state index in [1.165, 1.54) is 38.8 Å². The lowest BCUT2D eigenvalue weighted by molar-refractivity contribution is 1.49. The fourth-order valence-electron chi connectivity index (χ4n) is 4.57. The summed E-state index contributed by atoms with van der Waals surface area (Å²) in [6.45, 7) is 0. The van der Waals surface area contributed by atoms with Crippen LogP contribution >= 0.6 is 0 Å². The van der Waals surface area contributed by atoms with E-state index in [0.717, 1.165) is 16.4 Å². The Morgan fingerprint density at radius 1 is 0.406 bits per heavy atom. The van der Waals surface area contributed by atoms with Gasteiger partial charge in [0.1, 0.15) is 0 Å².